The highest BCUT2D eigenvalue weighted by Gasteiger charge is 2.38. The average molecular weight is 265 g/mol. The van der Waals surface area contributed by atoms with Crippen LogP contribution in [0.25, 0.3) is 0 Å². The van der Waals surface area contributed by atoms with Gasteiger partial charge in [0, 0.05) is 18.6 Å². The zero-order valence-corrected chi connectivity index (χ0v) is 13.4. The summed E-state index contributed by atoms with van der Waals surface area (Å²) in [5.74, 6) is 0.681. The highest BCUT2D eigenvalue weighted by molar-refractivity contribution is 5.11. The first kappa shape index (κ1) is 16.5. The molecule has 1 fully saturated rings. The molecular weight excluding hydrogens is 234 g/mol. The molecule has 0 aliphatic heterocycles. The number of nitriles is 1. The summed E-state index contributed by atoms with van der Waals surface area (Å²) in [6.45, 7) is 13.2. The molecule has 3 heteroatoms. The Morgan fingerprint density at radius 3 is 2.53 bits per heavy atom. The molecule has 0 aromatic carbocycles. The SMILES string of the molecule is CCNC1(C#N)CCCC(N(CC(C)C)C(C)C)C1. The summed E-state index contributed by atoms with van der Waals surface area (Å²) in [5.41, 5.74) is -0.290. The Morgan fingerprint density at radius 2 is 2.05 bits per heavy atom. The molecule has 0 saturated heterocycles. The quantitative estimate of drug-likeness (QED) is 0.802. The van der Waals surface area contributed by atoms with Crippen molar-refractivity contribution in [2.24, 2.45) is 5.92 Å². The molecular formula is C16H31N3. The Bertz CT molecular complexity index is 302. The maximum atomic E-state index is 9.56. The maximum Gasteiger partial charge on any atom is 0.108 e. The molecule has 3 nitrogen and oxygen atoms in total. The minimum atomic E-state index is -0.290. The first-order chi connectivity index (χ1) is 8.94. The van der Waals surface area contributed by atoms with E-state index in [0.717, 1.165) is 32.4 Å². The van der Waals surface area contributed by atoms with E-state index in [1.165, 1.54) is 6.42 Å². The number of nitrogens with one attached hydrogen (secondary N) is 1. The molecule has 0 spiro atoms. The standard InChI is InChI=1S/C16H31N3/c1-6-18-16(12-17)9-7-8-15(10-16)19(14(4)5)11-13(2)3/h13-15,18H,6-11H2,1-5H3. The smallest absolute Gasteiger partial charge is 0.108 e. The lowest BCUT2D eigenvalue weighted by Crippen LogP contribution is -2.54. The molecule has 0 radical (unpaired) electrons. The van der Waals surface area contributed by atoms with Crippen LogP contribution in [-0.4, -0.2) is 35.6 Å². The van der Waals surface area contributed by atoms with Gasteiger partial charge in [-0.25, -0.2) is 0 Å². The van der Waals surface area contributed by atoms with Gasteiger partial charge in [0.25, 0.3) is 0 Å². The summed E-state index contributed by atoms with van der Waals surface area (Å²) in [4.78, 5) is 2.60. The Kier molecular flexibility index (Phi) is 6.29. The Balaban J connectivity index is 2.78. The minimum Gasteiger partial charge on any atom is -0.300 e. The molecule has 19 heavy (non-hydrogen) atoms. The van der Waals surface area contributed by atoms with E-state index in [4.69, 9.17) is 0 Å². The molecule has 0 aromatic heterocycles. The van der Waals surface area contributed by atoms with E-state index >= 15 is 0 Å². The van der Waals surface area contributed by atoms with Crippen molar-refractivity contribution >= 4 is 0 Å². The summed E-state index contributed by atoms with van der Waals surface area (Å²) in [7, 11) is 0. The number of hydrogen-bond donors (Lipinski definition) is 1. The molecule has 1 aliphatic carbocycles. The van der Waals surface area contributed by atoms with Gasteiger partial charge in [0.15, 0.2) is 0 Å². The molecule has 1 N–H and O–H groups in total. The summed E-state index contributed by atoms with van der Waals surface area (Å²) < 4.78 is 0. The van der Waals surface area contributed by atoms with Gasteiger partial charge < -0.3 is 0 Å². The maximum absolute atomic E-state index is 9.56. The van der Waals surface area contributed by atoms with Crippen LogP contribution < -0.4 is 5.32 Å². The van der Waals surface area contributed by atoms with Crippen LogP contribution in [0.3, 0.4) is 0 Å². The van der Waals surface area contributed by atoms with Crippen LogP contribution >= 0.6 is 0 Å². The number of hydrogen-bond acceptors (Lipinski definition) is 3. The van der Waals surface area contributed by atoms with Crippen molar-refractivity contribution in [1.82, 2.24) is 10.2 Å². The highest BCUT2D eigenvalue weighted by Crippen LogP contribution is 2.32. The molecule has 2 atom stereocenters. The third-order valence-electron chi connectivity index (χ3n) is 4.16. The van der Waals surface area contributed by atoms with Crippen molar-refractivity contribution in [1.29, 1.82) is 5.26 Å². The van der Waals surface area contributed by atoms with Gasteiger partial charge in [0.05, 0.1) is 6.07 Å². The van der Waals surface area contributed by atoms with Crippen LogP contribution in [0.4, 0.5) is 0 Å². The van der Waals surface area contributed by atoms with Crippen molar-refractivity contribution in [2.45, 2.75) is 77.9 Å². The molecule has 0 bridgehead atoms. The van der Waals surface area contributed by atoms with Crippen LogP contribution in [0.1, 0.15) is 60.3 Å². The van der Waals surface area contributed by atoms with Crippen LogP contribution in [0, 0.1) is 17.2 Å². The van der Waals surface area contributed by atoms with Gasteiger partial charge in [-0.3, -0.25) is 10.2 Å². The van der Waals surface area contributed by atoms with E-state index in [0.29, 0.717) is 18.0 Å². The molecule has 2 unspecified atom stereocenters. The van der Waals surface area contributed by atoms with E-state index in [1.807, 2.05) is 0 Å². The largest absolute Gasteiger partial charge is 0.300 e. The lowest BCUT2D eigenvalue weighted by atomic mass is 9.78. The van der Waals surface area contributed by atoms with E-state index in [9.17, 15) is 5.26 Å². The fourth-order valence-electron chi connectivity index (χ4n) is 3.37. The van der Waals surface area contributed by atoms with Crippen LogP contribution in [0.2, 0.25) is 0 Å². The van der Waals surface area contributed by atoms with Gasteiger partial charge in [-0.2, -0.15) is 5.26 Å². The normalized spacial score (nSPS) is 28.1. The van der Waals surface area contributed by atoms with Gasteiger partial charge in [-0.05, 0) is 52.0 Å². The second-order valence-corrected chi connectivity index (χ2v) is 6.66. The van der Waals surface area contributed by atoms with Gasteiger partial charge in [0.2, 0.25) is 0 Å². The van der Waals surface area contributed by atoms with E-state index < -0.39 is 0 Å². The Hall–Kier alpha value is -0.590. The van der Waals surface area contributed by atoms with Crippen molar-refractivity contribution in [3.8, 4) is 6.07 Å². The predicted octanol–water partition coefficient (Wildman–Crippen LogP) is 3.17. The third kappa shape index (κ3) is 4.47. The highest BCUT2D eigenvalue weighted by atomic mass is 15.2. The second kappa shape index (κ2) is 7.26. The molecule has 110 valence electrons. The van der Waals surface area contributed by atoms with Crippen LogP contribution in [-0.2, 0) is 0 Å². The fraction of sp³-hybridized carbons (Fsp3) is 0.938. The van der Waals surface area contributed by atoms with Gasteiger partial charge in [-0.1, -0.05) is 20.8 Å². The Morgan fingerprint density at radius 1 is 1.37 bits per heavy atom. The van der Waals surface area contributed by atoms with E-state index in [-0.39, 0.29) is 5.54 Å². The van der Waals surface area contributed by atoms with Crippen molar-refractivity contribution in [3.05, 3.63) is 0 Å². The summed E-state index contributed by atoms with van der Waals surface area (Å²) in [5, 5.41) is 13.0. The third-order valence-corrected chi connectivity index (χ3v) is 4.16. The first-order valence-corrected chi connectivity index (χ1v) is 7.86. The molecule has 1 aliphatic rings. The average Bonchev–Trinajstić information content (AvgIpc) is 2.36. The van der Waals surface area contributed by atoms with Crippen LogP contribution in [0.15, 0.2) is 0 Å². The number of nitrogens with zero attached hydrogens (tertiary/aromatic N) is 2. The first-order valence-electron chi connectivity index (χ1n) is 7.86. The summed E-state index contributed by atoms with van der Waals surface area (Å²) >= 11 is 0. The molecule has 0 heterocycles. The molecule has 0 amide bonds. The van der Waals surface area contributed by atoms with Gasteiger partial charge in [-0.15, -0.1) is 0 Å². The predicted molar refractivity (Wildman–Crippen MR) is 81.0 cm³/mol. The summed E-state index contributed by atoms with van der Waals surface area (Å²) in [6.07, 6.45) is 4.37. The van der Waals surface area contributed by atoms with Crippen molar-refractivity contribution in [2.75, 3.05) is 13.1 Å². The Labute approximate surface area is 119 Å². The van der Waals surface area contributed by atoms with Gasteiger partial charge >= 0.3 is 0 Å². The number of rotatable bonds is 6. The molecule has 1 saturated carbocycles. The lowest BCUT2D eigenvalue weighted by molar-refractivity contribution is 0.0812. The van der Waals surface area contributed by atoms with Crippen LogP contribution in [0.5, 0.6) is 0 Å². The topological polar surface area (TPSA) is 39.1 Å². The van der Waals surface area contributed by atoms with Gasteiger partial charge in [0.1, 0.15) is 5.54 Å². The van der Waals surface area contributed by atoms with E-state index in [2.05, 4.69) is 50.9 Å². The fourth-order valence-corrected chi connectivity index (χ4v) is 3.37. The second-order valence-electron chi connectivity index (χ2n) is 6.66. The zero-order chi connectivity index (χ0) is 14.5. The molecule has 0 aromatic rings. The summed E-state index contributed by atoms with van der Waals surface area (Å²) in [6, 6.07) is 3.67. The molecule has 1 rings (SSSR count). The minimum absolute atomic E-state index is 0.290. The zero-order valence-electron chi connectivity index (χ0n) is 13.4. The van der Waals surface area contributed by atoms with Crippen molar-refractivity contribution in [3.63, 3.8) is 0 Å². The monoisotopic (exact) mass is 265 g/mol. The lowest BCUT2D eigenvalue weighted by Gasteiger charge is -2.44. The van der Waals surface area contributed by atoms with Crippen molar-refractivity contribution < 1.29 is 0 Å². The van der Waals surface area contributed by atoms with E-state index in [1.54, 1.807) is 0 Å².